The number of nitrogens with zero attached hydrogens (tertiary/aromatic N) is 1. The van der Waals surface area contributed by atoms with Crippen molar-refractivity contribution in [3.63, 3.8) is 0 Å². The second-order valence-electron chi connectivity index (χ2n) is 6.26. The summed E-state index contributed by atoms with van der Waals surface area (Å²) in [6, 6.07) is 18.7. The third-order valence-electron chi connectivity index (χ3n) is 4.04. The van der Waals surface area contributed by atoms with E-state index in [-0.39, 0.29) is 11.8 Å². The van der Waals surface area contributed by atoms with E-state index in [1.165, 1.54) is 11.8 Å². The molecule has 3 aromatic rings. The highest BCUT2D eigenvalue weighted by molar-refractivity contribution is 9.10. The number of carbonyl (C=O) groups excluding carboxylic acids is 2. The average Bonchev–Trinajstić information content (AvgIpc) is 2.74. The first-order chi connectivity index (χ1) is 14.1. The van der Waals surface area contributed by atoms with Crippen LogP contribution in [0, 0.1) is 0 Å². The van der Waals surface area contributed by atoms with Crippen molar-refractivity contribution in [1.29, 1.82) is 0 Å². The van der Waals surface area contributed by atoms with Gasteiger partial charge in [0.25, 0.3) is 5.91 Å². The normalized spacial score (nSPS) is 10.4. The number of aromatic nitrogens is 1. The van der Waals surface area contributed by atoms with Crippen molar-refractivity contribution in [1.82, 2.24) is 10.3 Å². The van der Waals surface area contributed by atoms with E-state index in [0.717, 1.165) is 21.4 Å². The summed E-state index contributed by atoms with van der Waals surface area (Å²) in [4.78, 5) is 28.9. The van der Waals surface area contributed by atoms with Gasteiger partial charge in [0.1, 0.15) is 0 Å². The molecule has 3 rings (SSSR count). The molecule has 0 aliphatic rings. The molecule has 148 valence electrons. The molecule has 2 aromatic carbocycles. The van der Waals surface area contributed by atoms with Gasteiger partial charge in [-0.15, -0.1) is 11.8 Å². The van der Waals surface area contributed by atoms with E-state index in [2.05, 4.69) is 31.5 Å². The molecule has 0 atom stereocenters. The van der Waals surface area contributed by atoms with Crippen molar-refractivity contribution >= 4 is 45.2 Å². The van der Waals surface area contributed by atoms with Gasteiger partial charge in [-0.25, -0.2) is 0 Å². The Kier molecular flexibility index (Phi) is 7.84. The van der Waals surface area contributed by atoms with Gasteiger partial charge in [0.05, 0.1) is 17.0 Å². The van der Waals surface area contributed by atoms with Gasteiger partial charge in [-0.3, -0.25) is 14.6 Å². The predicted octanol–water partition coefficient (Wildman–Crippen LogP) is 4.65. The average molecular weight is 470 g/mol. The Morgan fingerprint density at radius 1 is 0.966 bits per heavy atom. The van der Waals surface area contributed by atoms with Crippen LogP contribution in [0.15, 0.2) is 77.5 Å². The molecular weight excluding hydrogens is 450 g/mol. The number of hydrogen-bond donors (Lipinski definition) is 2. The molecule has 0 saturated carbocycles. The van der Waals surface area contributed by atoms with E-state index in [1.807, 2.05) is 36.4 Å². The topological polar surface area (TPSA) is 71.1 Å². The van der Waals surface area contributed by atoms with Gasteiger partial charge in [0, 0.05) is 29.2 Å². The molecule has 2 amide bonds. The zero-order valence-electron chi connectivity index (χ0n) is 15.6. The first kappa shape index (κ1) is 21.1. The Morgan fingerprint density at radius 2 is 1.76 bits per heavy atom. The Morgan fingerprint density at radius 3 is 2.52 bits per heavy atom. The monoisotopic (exact) mass is 469 g/mol. The molecule has 0 aliphatic carbocycles. The van der Waals surface area contributed by atoms with Crippen LogP contribution in [0.5, 0.6) is 0 Å². The van der Waals surface area contributed by atoms with Gasteiger partial charge in [0.15, 0.2) is 0 Å². The highest BCUT2D eigenvalue weighted by Crippen LogP contribution is 2.18. The zero-order valence-corrected chi connectivity index (χ0v) is 18.0. The van der Waals surface area contributed by atoms with Crippen LogP contribution in [0.3, 0.4) is 0 Å². The lowest BCUT2D eigenvalue weighted by Crippen LogP contribution is -2.25. The molecule has 0 unspecified atom stereocenters. The van der Waals surface area contributed by atoms with Crippen LogP contribution < -0.4 is 10.6 Å². The van der Waals surface area contributed by atoms with E-state index in [4.69, 9.17) is 0 Å². The third-order valence-corrected chi connectivity index (χ3v) is 5.57. The predicted molar refractivity (Wildman–Crippen MR) is 121 cm³/mol. The maximum Gasteiger partial charge on any atom is 0.253 e. The smallest absolute Gasteiger partial charge is 0.253 e. The van der Waals surface area contributed by atoms with E-state index in [1.54, 1.807) is 36.7 Å². The highest BCUT2D eigenvalue weighted by atomic mass is 79.9. The Labute approximate surface area is 182 Å². The lowest BCUT2D eigenvalue weighted by molar-refractivity contribution is -0.113. The number of thioether (sulfide) groups is 1. The molecule has 0 saturated heterocycles. The van der Waals surface area contributed by atoms with Crippen molar-refractivity contribution in [2.75, 3.05) is 11.1 Å². The Bertz CT molecular complexity index is 965. The molecule has 0 aliphatic heterocycles. The summed E-state index contributed by atoms with van der Waals surface area (Å²) >= 11 is 4.94. The summed E-state index contributed by atoms with van der Waals surface area (Å²) < 4.78 is 1.03. The standard InChI is InChI=1S/C22H20BrN3O2S/c23-18-9-7-16(8-10-18)14-29-15-21(27)26-20-6-2-1-5-19(20)22(28)25-13-17-4-3-11-24-12-17/h1-12H,13-15H2,(H,25,28)(H,26,27). The van der Waals surface area contributed by atoms with E-state index in [9.17, 15) is 9.59 Å². The van der Waals surface area contributed by atoms with Crippen molar-refractivity contribution < 1.29 is 9.59 Å². The zero-order chi connectivity index (χ0) is 20.5. The molecule has 7 heteroatoms. The van der Waals surface area contributed by atoms with Crippen LogP contribution >= 0.6 is 27.7 Å². The number of carbonyl (C=O) groups is 2. The summed E-state index contributed by atoms with van der Waals surface area (Å²) in [7, 11) is 0. The van der Waals surface area contributed by atoms with E-state index >= 15 is 0 Å². The maximum atomic E-state index is 12.6. The van der Waals surface area contributed by atoms with Crippen molar-refractivity contribution in [3.8, 4) is 0 Å². The number of pyridine rings is 1. The first-order valence-corrected chi connectivity index (χ1v) is 10.9. The molecule has 0 fully saturated rings. The van der Waals surface area contributed by atoms with Crippen LogP contribution in [0.4, 0.5) is 5.69 Å². The minimum Gasteiger partial charge on any atom is -0.348 e. The SMILES string of the molecule is O=C(CSCc1ccc(Br)cc1)Nc1ccccc1C(=O)NCc1cccnc1. The number of amides is 2. The molecule has 0 radical (unpaired) electrons. The summed E-state index contributed by atoms with van der Waals surface area (Å²) in [5.41, 5.74) is 3.00. The minimum atomic E-state index is -0.243. The van der Waals surface area contributed by atoms with Gasteiger partial charge in [-0.2, -0.15) is 0 Å². The van der Waals surface area contributed by atoms with E-state index < -0.39 is 0 Å². The lowest BCUT2D eigenvalue weighted by Gasteiger charge is -2.11. The number of hydrogen-bond acceptors (Lipinski definition) is 4. The Balaban J connectivity index is 1.53. The molecule has 29 heavy (non-hydrogen) atoms. The molecular formula is C22H20BrN3O2S. The Hall–Kier alpha value is -2.64. The molecule has 1 heterocycles. The molecule has 0 spiro atoms. The van der Waals surface area contributed by atoms with Crippen LogP contribution in [-0.2, 0) is 17.1 Å². The first-order valence-electron chi connectivity index (χ1n) is 9.00. The van der Waals surface area contributed by atoms with Crippen molar-refractivity contribution in [2.24, 2.45) is 0 Å². The van der Waals surface area contributed by atoms with Gasteiger partial charge in [0.2, 0.25) is 5.91 Å². The summed E-state index contributed by atoms with van der Waals surface area (Å²) in [6.45, 7) is 0.373. The number of halogens is 1. The van der Waals surface area contributed by atoms with Gasteiger partial charge >= 0.3 is 0 Å². The molecule has 0 bridgehead atoms. The van der Waals surface area contributed by atoms with Gasteiger partial charge in [-0.05, 0) is 41.5 Å². The summed E-state index contributed by atoms with van der Waals surface area (Å²) in [5.74, 6) is 0.669. The summed E-state index contributed by atoms with van der Waals surface area (Å²) in [5, 5.41) is 5.70. The van der Waals surface area contributed by atoms with Gasteiger partial charge < -0.3 is 10.6 Å². The largest absolute Gasteiger partial charge is 0.348 e. The van der Waals surface area contributed by atoms with Crippen LogP contribution in [0.1, 0.15) is 21.5 Å². The maximum absolute atomic E-state index is 12.6. The van der Waals surface area contributed by atoms with E-state index in [0.29, 0.717) is 23.5 Å². The van der Waals surface area contributed by atoms with Crippen molar-refractivity contribution in [2.45, 2.75) is 12.3 Å². The third kappa shape index (κ3) is 6.73. The second kappa shape index (κ2) is 10.8. The number of anilines is 1. The molecule has 1 aromatic heterocycles. The fourth-order valence-corrected chi connectivity index (χ4v) is 3.65. The van der Waals surface area contributed by atoms with Crippen LogP contribution in [0.2, 0.25) is 0 Å². The quantitative estimate of drug-likeness (QED) is 0.503. The number of rotatable bonds is 8. The molecule has 5 nitrogen and oxygen atoms in total. The van der Waals surface area contributed by atoms with Crippen LogP contribution in [-0.4, -0.2) is 22.6 Å². The second-order valence-corrected chi connectivity index (χ2v) is 8.16. The van der Waals surface area contributed by atoms with Crippen LogP contribution in [0.25, 0.3) is 0 Å². The lowest BCUT2D eigenvalue weighted by atomic mass is 10.1. The number of para-hydroxylation sites is 1. The fourth-order valence-electron chi connectivity index (χ4n) is 2.60. The van der Waals surface area contributed by atoms with Crippen molar-refractivity contribution in [3.05, 3.63) is 94.2 Å². The molecule has 2 N–H and O–H groups in total. The minimum absolute atomic E-state index is 0.139. The summed E-state index contributed by atoms with van der Waals surface area (Å²) in [6.07, 6.45) is 3.39. The number of nitrogens with one attached hydrogen (secondary N) is 2. The highest BCUT2D eigenvalue weighted by Gasteiger charge is 2.13. The number of benzene rings is 2. The fraction of sp³-hybridized carbons (Fsp3) is 0.136. The van der Waals surface area contributed by atoms with Gasteiger partial charge in [-0.1, -0.05) is 46.3 Å².